The molecule has 92 valence electrons. The summed E-state index contributed by atoms with van der Waals surface area (Å²) in [4.78, 5) is 0. The van der Waals surface area contributed by atoms with E-state index in [1.165, 1.54) is 0 Å². The van der Waals surface area contributed by atoms with Crippen molar-refractivity contribution in [2.45, 2.75) is 32.3 Å². The molecule has 0 aliphatic carbocycles. The lowest BCUT2D eigenvalue weighted by Gasteiger charge is -2.09. The van der Waals surface area contributed by atoms with E-state index in [-0.39, 0.29) is 6.61 Å². The first kappa shape index (κ1) is 14.8. The molecule has 0 amide bonds. The fraction of sp³-hybridized carbons (Fsp3) is 1.00. The summed E-state index contributed by atoms with van der Waals surface area (Å²) in [5.74, 6) is 0. The molecule has 0 aliphatic rings. The zero-order valence-electron chi connectivity index (χ0n) is 8.76. The summed E-state index contributed by atoms with van der Waals surface area (Å²) in [7, 11) is -4.47. The Balaban J connectivity index is 3.37. The van der Waals surface area contributed by atoms with Gasteiger partial charge in [-0.25, -0.2) is 4.18 Å². The Kier molecular flexibility index (Phi) is 7.89. The summed E-state index contributed by atoms with van der Waals surface area (Å²) >= 11 is 0. The second-order valence-corrected chi connectivity index (χ2v) is 4.24. The number of aliphatic hydroxyl groups is 1. The Morgan fingerprint density at radius 3 is 2.47 bits per heavy atom. The minimum Gasteiger partial charge on any atom is -0.388 e. The molecule has 0 aromatic carbocycles. The van der Waals surface area contributed by atoms with Crippen LogP contribution in [0.15, 0.2) is 0 Å². The van der Waals surface area contributed by atoms with Crippen LogP contribution in [0.3, 0.4) is 0 Å². The highest BCUT2D eigenvalue weighted by atomic mass is 32.3. The van der Waals surface area contributed by atoms with Gasteiger partial charge in [0.2, 0.25) is 0 Å². The van der Waals surface area contributed by atoms with Gasteiger partial charge in [0.15, 0.2) is 0 Å². The SMILES string of the molecule is CCCCCOCC(O)COS(=O)(=O)O. The Morgan fingerprint density at radius 2 is 1.93 bits per heavy atom. The fourth-order valence-corrected chi connectivity index (χ4v) is 1.22. The molecule has 0 saturated heterocycles. The maximum absolute atomic E-state index is 10.1. The molecule has 0 spiro atoms. The topological polar surface area (TPSA) is 93.1 Å². The van der Waals surface area contributed by atoms with E-state index in [0.717, 1.165) is 19.3 Å². The van der Waals surface area contributed by atoms with Crippen molar-refractivity contribution in [3.05, 3.63) is 0 Å². The molecule has 0 bridgehead atoms. The molecule has 1 atom stereocenters. The van der Waals surface area contributed by atoms with E-state index in [4.69, 9.17) is 14.4 Å². The number of unbranched alkanes of at least 4 members (excludes halogenated alkanes) is 2. The summed E-state index contributed by atoms with van der Waals surface area (Å²) < 4.78 is 37.5. The zero-order chi connectivity index (χ0) is 11.7. The van der Waals surface area contributed by atoms with E-state index in [1.54, 1.807) is 0 Å². The summed E-state index contributed by atoms with van der Waals surface area (Å²) in [5, 5.41) is 9.14. The van der Waals surface area contributed by atoms with Crippen LogP contribution in [-0.4, -0.2) is 44.0 Å². The lowest BCUT2D eigenvalue weighted by Crippen LogP contribution is -2.23. The van der Waals surface area contributed by atoms with Gasteiger partial charge in [0, 0.05) is 6.61 Å². The standard InChI is InChI=1S/C8H18O6S/c1-2-3-4-5-13-6-8(9)7-14-15(10,11)12/h8-9H,2-7H2,1H3,(H,10,11,12). The molecule has 7 heteroatoms. The number of rotatable bonds is 9. The second-order valence-electron chi connectivity index (χ2n) is 3.15. The monoisotopic (exact) mass is 242 g/mol. The van der Waals surface area contributed by atoms with Gasteiger partial charge >= 0.3 is 10.4 Å². The average Bonchev–Trinajstić information content (AvgIpc) is 2.13. The predicted molar refractivity (Wildman–Crippen MR) is 53.9 cm³/mol. The molecular formula is C8H18O6S. The highest BCUT2D eigenvalue weighted by Crippen LogP contribution is 1.96. The Hall–Kier alpha value is -0.210. The summed E-state index contributed by atoms with van der Waals surface area (Å²) in [6.45, 7) is 2.09. The van der Waals surface area contributed by atoms with Crippen molar-refractivity contribution in [3.8, 4) is 0 Å². The normalized spacial score (nSPS) is 14.1. The molecular weight excluding hydrogens is 224 g/mol. The highest BCUT2D eigenvalue weighted by molar-refractivity contribution is 7.80. The second kappa shape index (κ2) is 8.00. The van der Waals surface area contributed by atoms with Gasteiger partial charge < -0.3 is 9.84 Å². The van der Waals surface area contributed by atoms with Crippen LogP contribution in [0.2, 0.25) is 0 Å². The van der Waals surface area contributed by atoms with Gasteiger partial charge in [-0.2, -0.15) is 8.42 Å². The first-order valence-corrected chi connectivity index (χ1v) is 6.20. The van der Waals surface area contributed by atoms with Crippen LogP contribution in [0.1, 0.15) is 26.2 Å². The smallest absolute Gasteiger partial charge is 0.388 e. The van der Waals surface area contributed by atoms with Crippen LogP contribution in [0.5, 0.6) is 0 Å². The van der Waals surface area contributed by atoms with Crippen LogP contribution < -0.4 is 0 Å². The molecule has 15 heavy (non-hydrogen) atoms. The van der Waals surface area contributed by atoms with Crippen molar-refractivity contribution in [2.75, 3.05) is 19.8 Å². The van der Waals surface area contributed by atoms with Gasteiger partial charge in [0.1, 0.15) is 6.10 Å². The highest BCUT2D eigenvalue weighted by Gasteiger charge is 2.10. The summed E-state index contributed by atoms with van der Waals surface area (Å²) in [6.07, 6.45) is 1.99. The quantitative estimate of drug-likeness (QED) is 0.448. The van der Waals surface area contributed by atoms with Crippen LogP contribution in [0, 0.1) is 0 Å². The largest absolute Gasteiger partial charge is 0.397 e. The molecule has 0 aromatic heterocycles. The van der Waals surface area contributed by atoms with Crippen molar-refractivity contribution in [2.24, 2.45) is 0 Å². The van der Waals surface area contributed by atoms with E-state index in [2.05, 4.69) is 11.1 Å². The van der Waals surface area contributed by atoms with E-state index >= 15 is 0 Å². The number of aliphatic hydroxyl groups excluding tert-OH is 1. The molecule has 1 unspecified atom stereocenters. The Bertz CT molecular complexity index is 238. The summed E-state index contributed by atoms with van der Waals surface area (Å²) in [5.41, 5.74) is 0. The average molecular weight is 242 g/mol. The number of hydrogen-bond donors (Lipinski definition) is 2. The molecule has 0 radical (unpaired) electrons. The first-order chi connectivity index (χ1) is 6.95. The number of ether oxygens (including phenoxy) is 1. The third-order valence-electron chi connectivity index (χ3n) is 1.61. The maximum Gasteiger partial charge on any atom is 0.397 e. The molecule has 2 N–H and O–H groups in total. The van der Waals surface area contributed by atoms with Crippen LogP contribution in [0.25, 0.3) is 0 Å². The molecule has 0 heterocycles. The molecule has 0 aliphatic heterocycles. The lowest BCUT2D eigenvalue weighted by molar-refractivity contribution is 0.0101. The fourth-order valence-electron chi connectivity index (χ4n) is 0.886. The van der Waals surface area contributed by atoms with E-state index in [9.17, 15) is 8.42 Å². The zero-order valence-corrected chi connectivity index (χ0v) is 9.57. The van der Waals surface area contributed by atoms with Crippen molar-refractivity contribution in [3.63, 3.8) is 0 Å². The van der Waals surface area contributed by atoms with Gasteiger partial charge in [-0.1, -0.05) is 19.8 Å². The third kappa shape index (κ3) is 11.7. The van der Waals surface area contributed by atoms with Crippen LogP contribution in [-0.2, 0) is 19.3 Å². The van der Waals surface area contributed by atoms with E-state index in [0.29, 0.717) is 6.61 Å². The third-order valence-corrected chi connectivity index (χ3v) is 2.05. The minimum absolute atomic E-state index is 0.000760. The molecule has 0 saturated carbocycles. The van der Waals surface area contributed by atoms with Gasteiger partial charge in [-0.15, -0.1) is 0 Å². The lowest BCUT2D eigenvalue weighted by atomic mass is 10.3. The molecule has 6 nitrogen and oxygen atoms in total. The number of hydrogen-bond acceptors (Lipinski definition) is 5. The first-order valence-electron chi connectivity index (χ1n) is 4.83. The molecule has 0 fully saturated rings. The predicted octanol–water partition coefficient (Wildman–Crippen LogP) is 0.374. The van der Waals surface area contributed by atoms with Crippen molar-refractivity contribution in [1.29, 1.82) is 0 Å². The van der Waals surface area contributed by atoms with Crippen molar-refractivity contribution < 1.29 is 27.0 Å². The van der Waals surface area contributed by atoms with Gasteiger partial charge in [0.05, 0.1) is 13.2 Å². The summed E-state index contributed by atoms with van der Waals surface area (Å²) in [6, 6.07) is 0. The molecule has 0 rings (SSSR count). The van der Waals surface area contributed by atoms with Gasteiger partial charge in [0.25, 0.3) is 0 Å². The Labute approximate surface area is 90.2 Å². The van der Waals surface area contributed by atoms with Crippen LogP contribution >= 0.6 is 0 Å². The van der Waals surface area contributed by atoms with Crippen molar-refractivity contribution >= 4 is 10.4 Å². The van der Waals surface area contributed by atoms with E-state index in [1.807, 2.05) is 0 Å². The van der Waals surface area contributed by atoms with Crippen LogP contribution in [0.4, 0.5) is 0 Å². The van der Waals surface area contributed by atoms with Crippen molar-refractivity contribution in [1.82, 2.24) is 0 Å². The Morgan fingerprint density at radius 1 is 1.27 bits per heavy atom. The molecule has 0 aromatic rings. The van der Waals surface area contributed by atoms with Gasteiger partial charge in [-0.05, 0) is 6.42 Å². The maximum atomic E-state index is 10.1. The van der Waals surface area contributed by atoms with Gasteiger partial charge in [-0.3, -0.25) is 4.55 Å². The minimum atomic E-state index is -4.47. The van der Waals surface area contributed by atoms with E-state index < -0.39 is 23.1 Å².